The predicted molar refractivity (Wildman–Crippen MR) is 69.2 cm³/mol. The first-order chi connectivity index (χ1) is 8.00. The molecule has 2 rings (SSSR count). The molecule has 0 atom stereocenters. The van der Waals surface area contributed by atoms with Crippen LogP contribution in [0.2, 0.25) is 0 Å². The zero-order valence-electron chi connectivity index (χ0n) is 10.7. The smallest absolute Gasteiger partial charge is 0.164 e. The average Bonchev–Trinajstić information content (AvgIpc) is 2.56. The van der Waals surface area contributed by atoms with E-state index in [0.717, 1.165) is 11.3 Å². The molecule has 0 saturated carbocycles. The summed E-state index contributed by atoms with van der Waals surface area (Å²) in [4.78, 5) is 0. The van der Waals surface area contributed by atoms with Gasteiger partial charge in [-0.3, -0.25) is 4.68 Å². The van der Waals surface area contributed by atoms with Crippen molar-refractivity contribution < 1.29 is 5.11 Å². The van der Waals surface area contributed by atoms with Crippen molar-refractivity contribution in [2.75, 3.05) is 0 Å². The second-order valence-corrected chi connectivity index (χ2v) is 4.69. The number of rotatable bonds is 2. The largest absolute Gasteiger partial charge is 0.504 e. The average molecular weight is 230 g/mol. The van der Waals surface area contributed by atoms with Crippen LogP contribution in [-0.4, -0.2) is 14.9 Å². The van der Waals surface area contributed by atoms with Gasteiger partial charge in [0.15, 0.2) is 5.75 Å². The van der Waals surface area contributed by atoms with Gasteiger partial charge in [-0.2, -0.15) is 5.10 Å². The minimum absolute atomic E-state index is 0.227. The molecule has 1 heterocycles. The van der Waals surface area contributed by atoms with Crippen LogP contribution in [0.1, 0.15) is 31.1 Å². The zero-order chi connectivity index (χ0) is 12.6. The Kier molecular flexibility index (Phi) is 2.92. The molecule has 1 N–H and O–H groups in total. The lowest BCUT2D eigenvalue weighted by Crippen LogP contribution is -2.05. The lowest BCUT2D eigenvalue weighted by atomic mass is 10.1. The topological polar surface area (TPSA) is 38.1 Å². The van der Waals surface area contributed by atoms with Crippen molar-refractivity contribution in [3.63, 3.8) is 0 Å². The van der Waals surface area contributed by atoms with Gasteiger partial charge in [-0.25, -0.2) is 0 Å². The number of aromatic hydroxyl groups is 1. The fourth-order valence-corrected chi connectivity index (χ4v) is 1.97. The Morgan fingerprint density at radius 1 is 1.24 bits per heavy atom. The van der Waals surface area contributed by atoms with Crippen LogP contribution in [0.5, 0.6) is 5.75 Å². The molecule has 2 aromatic rings. The van der Waals surface area contributed by atoms with Gasteiger partial charge in [0, 0.05) is 11.6 Å². The molecule has 1 aromatic carbocycles. The molecule has 3 heteroatoms. The summed E-state index contributed by atoms with van der Waals surface area (Å²) in [7, 11) is 0. The van der Waals surface area contributed by atoms with Crippen LogP contribution in [0.3, 0.4) is 0 Å². The standard InChI is InChI=1S/C14H18N2O/c1-9(2)16-13(14(17)11(4)15-16)12-7-5-6-10(3)8-12/h5-9,17H,1-4H3. The van der Waals surface area contributed by atoms with Crippen molar-refractivity contribution in [1.82, 2.24) is 9.78 Å². The molecule has 0 spiro atoms. The van der Waals surface area contributed by atoms with E-state index in [4.69, 9.17) is 0 Å². The molecule has 0 unspecified atom stereocenters. The molecule has 0 saturated heterocycles. The molecule has 0 bridgehead atoms. The van der Waals surface area contributed by atoms with E-state index < -0.39 is 0 Å². The second kappa shape index (κ2) is 4.24. The maximum atomic E-state index is 10.1. The maximum Gasteiger partial charge on any atom is 0.164 e. The molecule has 0 fully saturated rings. The highest BCUT2D eigenvalue weighted by molar-refractivity contribution is 5.68. The van der Waals surface area contributed by atoms with Gasteiger partial charge >= 0.3 is 0 Å². The van der Waals surface area contributed by atoms with Crippen LogP contribution in [0.15, 0.2) is 24.3 Å². The van der Waals surface area contributed by atoms with Crippen LogP contribution >= 0.6 is 0 Å². The van der Waals surface area contributed by atoms with E-state index in [-0.39, 0.29) is 11.8 Å². The van der Waals surface area contributed by atoms with Gasteiger partial charge in [-0.1, -0.05) is 23.8 Å². The Hall–Kier alpha value is -1.77. The van der Waals surface area contributed by atoms with Crippen molar-refractivity contribution in [3.05, 3.63) is 35.5 Å². The number of aryl methyl sites for hydroxylation is 2. The SMILES string of the molecule is Cc1cccc(-c2c(O)c(C)nn2C(C)C)c1. The fraction of sp³-hybridized carbons (Fsp3) is 0.357. The first-order valence-corrected chi connectivity index (χ1v) is 5.86. The van der Waals surface area contributed by atoms with Gasteiger partial charge < -0.3 is 5.11 Å². The number of nitrogens with zero attached hydrogens (tertiary/aromatic N) is 2. The van der Waals surface area contributed by atoms with Gasteiger partial charge in [-0.15, -0.1) is 0 Å². The second-order valence-electron chi connectivity index (χ2n) is 4.69. The Labute approximate surface area is 102 Å². The third-order valence-electron chi connectivity index (χ3n) is 2.83. The molecule has 0 aliphatic rings. The van der Waals surface area contributed by atoms with E-state index in [1.165, 1.54) is 5.56 Å². The van der Waals surface area contributed by atoms with E-state index in [1.54, 1.807) is 0 Å². The fourth-order valence-electron chi connectivity index (χ4n) is 1.97. The number of hydrogen-bond acceptors (Lipinski definition) is 2. The van der Waals surface area contributed by atoms with E-state index >= 15 is 0 Å². The van der Waals surface area contributed by atoms with Crippen LogP contribution in [0, 0.1) is 13.8 Å². The quantitative estimate of drug-likeness (QED) is 0.858. The van der Waals surface area contributed by atoms with E-state index in [1.807, 2.05) is 36.7 Å². The van der Waals surface area contributed by atoms with Crippen molar-refractivity contribution >= 4 is 0 Å². The van der Waals surface area contributed by atoms with E-state index in [2.05, 4.69) is 25.0 Å². The molecule has 0 amide bonds. The van der Waals surface area contributed by atoms with Gasteiger partial charge in [0.05, 0.1) is 0 Å². The molecule has 1 aromatic heterocycles. The molecular weight excluding hydrogens is 212 g/mol. The highest BCUT2D eigenvalue weighted by atomic mass is 16.3. The van der Waals surface area contributed by atoms with Crippen LogP contribution in [0.25, 0.3) is 11.3 Å². The van der Waals surface area contributed by atoms with E-state index in [9.17, 15) is 5.11 Å². The summed E-state index contributed by atoms with van der Waals surface area (Å²) in [5.41, 5.74) is 3.67. The van der Waals surface area contributed by atoms with Crippen LogP contribution in [-0.2, 0) is 0 Å². The van der Waals surface area contributed by atoms with Gasteiger partial charge in [0.2, 0.25) is 0 Å². The van der Waals surface area contributed by atoms with Crippen molar-refractivity contribution in [2.24, 2.45) is 0 Å². The molecule has 0 radical (unpaired) electrons. The zero-order valence-corrected chi connectivity index (χ0v) is 10.7. The molecule has 0 aliphatic heterocycles. The van der Waals surface area contributed by atoms with Gasteiger partial charge in [0.1, 0.15) is 11.4 Å². The maximum absolute atomic E-state index is 10.1. The first-order valence-electron chi connectivity index (χ1n) is 5.86. The molecule has 17 heavy (non-hydrogen) atoms. The summed E-state index contributed by atoms with van der Waals surface area (Å²) >= 11 is 0. The van der Waals surface area contributed by atoms with Gasteiger partial charge in [-0.05, 0) is 33.8 Å². The third kappa shape index (κ3) is 2.05. The Balaban J connectivity index is 2.65. The minimum Gasteiger partial charge on any atom is -0.504 e. The lowest BCUT2D eigenvalue weighted by Gasteiger charge is -2.11. The highest BCUT2D eigenvalue weighted by Gasteiger charge is 2.17. The number of hydrogen-bond donors (Lipinski definition) is 1. The minimum atomic E-state index is 0.227. The van der Waals surface area contributed by atoms with E-state index in [0.29, 0.717) is 5.69 Å². The van der Waals surface area contributed by atoms with Crippen molar-refractivity contribution in [3.8, 4) is 17.0 Å². The molecule has 3 nitrogen and oxygen atoms in total. The summed E-state index contributed by atoms with van der Waals surface area (Å²) < 4.78 is 1.87. The van der Waals surface area contributed by atoms with Crippen molar-refractivity contribution in [1.29, 1.82) is 0 Å². The number of benzene rings is 1. The van der Waals surface area contributed by atoms with Gasteiger partial charge in [0.25, 0.3) is 0 Å². The summed E-state index contributed by atoms with van der Waals surface area (Å²) in [6, 6.07) is 8.34. The summed E-state index contributed by atoms with van der Waals surface area (Å²) in [5, 5.41) is 14.5. The highest BCUT2D eigenvalue weighted by Crippen LogP contribution is 2.34. The van der Waals surface area contributed by atoms with Crippen LogP contribution in [0.4, 0.5) is 0 Å². The predicted octanol–water partition coefficient (Wildman–Crippen LogP) is 3.45. The molecule has 90 valence electrons. The Bertz CT molecular complexity index is 541. The normalized spacial score (nSPS) is 11.1. The number of aromatic nitrogens is 2. The monoisotopic (exact) mass is 230 g/mol. The van der Waals surface area contributed by atoms with Crippen molar-refractivity contribution in [2.45, 2.75) is 33.7 Å². The summed E-state index contributed by atoms with van der Waals surface area (Å²) in [5.74, 6) is 0.282. The molecular formula is C14H18N2O. The Morgan fingerprint density at radius 2 is 1.94 bits per heavy atom. The van der Waals surface area contributed by atoms with Crippen LogP contribution < -0.4 is 0 Å². The lowest BCUT2D eigenvalue weighted by molar-refractivity contribution is 0.471. The molecule has 0 aliphatic carbocycles. The first kappa shape index (κ1) is 11.7. The third-order valence-corrected chi connectivity index (χ3v) is 2.83. The summed E-state index contributed by atoms with van der Waals surface area (Å²) in [6.07, 6.45) is 0. The summed E-state index contributed by atoms with van der Waals surface area (Å²) in [6.45, 7) is 7.99. The Morgan fingerprint density at radius 3 is 2.53 bits per heavy atom.